The summed E-state index contributed by atoms with van der Waals surface area (Å²) < 4.78 is 14.5. The normalized spacial score (nSPS) is 19.6. The van der Waals surface area contributed by atoms with E-state index in [-0.39, 0.29) is 50.5 Å². The van der Waals surface area contributed by atoms with E-state index in [4.69, 9.17) is 5.73 Å². The predicted octanol–water partition coefficient (Wildman–Crippen LogP) is 4.08. The molecule has 2 aromatic rings. The molecule has 13 heteroatoms. The minimum absolute atomic E-state index is 0.00346. The smallest absolute Gasteiger partial charge is 0.258 e. The Bertz CT molecular complexity index is 1440. The van der Waals surface area contributed by atoms with Gasteiger partial charge in [-0.2, -0.15) is 0 Å². The molecule has 49 heavy (non-hydrogen) atoms. The SMILES string of the molecule is Cc1ncsc1-c1ccc([C@H](CC(=O)NCCCCCCCN)NC(=O)C[C@@H]2C[C@@H](O)CN2C(=O)[C@@H](NC(=O)C2(F)CC2)C(C)(C)C)cc1. The van der Waals surface area contributed by atoms with E-state index in [1.165, 1.54) is 4.90 Å². The molecule has 2 heterocycles. The molecule has 1 aromatic carbocycles. The molecule has 4 atom stereocenters. The topological polar surface area (TPSA) is 167 Å². The number of nitrogens with one attached hydrogen (secondary N) is 3. The number of aliphatic hydroxyl groups excluding tert-OH is 1. The summed E-state index contributed by atoms with van der Waals surface area (Å²) in [7, 11) is 0. The number of nitrogens with zero attached hydrogens (tertiary/aromatic N) is 2. The molecule has 4 amide bonds. The van der Waals surface area contributed by atoms with Crippen LogP contribution in [0, 0.1) is 12.3 Å². The van der Waals surface area contributed by atoms with Crippen molar-refractivity contribution in [3.8, 4) is 10.4 Å². The number of aromatic nitrogens is 1. The number of halogens is 1. The summed E-state index contributed by atoms with van der Waals surface area (Å²) in [6, 6.07) is 5.38. The van der Waals surface area contributed by atoms with Gasteiger partial charge in [-0.05, 0) is 62.1 Å². The van der Waals surface area contributed by atoms with Crippen molar-refractivity contribution in [2.45, 2.75) is 122 Å². The quantitative estimate of drug-likeness (QED) is 0.155. The van der Waals surface area contributed by atoms with Crippen molar-refractivity contribution in [3.63, 3.8) is 0 Å². The molecule has 0 unspecified atom stereocenters. The van der Waals surface area contributed by atoms with Crippen molar-refractivity contribution in [1.29, 1.82) is 0 Å². The van der Waals surface area contributed by atoms with Gasteiger partial charge in [-0.25, -0.2) is 9.37 Å². The maximum atomic E-state index is 14.5. The molecule has 11 nitrogen and oxygen atoms in total. The van der Waals surface area contributed by atoms with Gasteiger partial charge in [-0.3, -0.25) is 19.2 Å². The second kappa shape index (κ2) is 17.0. The second-order valence-corrected chi connectivity index (χ2v) is 15.5. The van der Waals surface area contributed by atoms with Crippen LogP contribution in [0.5, 0.6) is 0 Å². The molecule has 0 radical (unpaired) electrons. The number of aliphatic hydroxyl groups is 1. The molecular weight excluding hydrogens is 647 g/mol. The van der Waals surface area contributed by atoms with E-state index in [1.54, 1.807) is 37.6 Å². The number of benzene rings is 1. The first-order valence-corrected chi connectivity index (χ1v) is 18.3. The zero-order valence-electron chi connectivity index (χ0n) is 29.2. The molecule has 1 aliphatic carbocycles. The Morgan fingerprint density at radius 3 is 2.35 bits per heavy atom. The van der Waals surface area contributed by atoms with Crippen molar-refractivity contribution in [2.75, 3.05) is 19.6 Å². The van der Waals surface area contributed by atoms with Crippen LogP contribution >= 0.6 is 11.3 Å². The molecule has 6 N–H and O–H groups in total. The largest absolute Gasteiger partial charge is 0.391 e. The number of alkyl halides is 1. The number of carbonyl (C=O) groups excluding carboxylic acids is 4. The van der Waals surface area contributed by atoms with E-state index >= 15 is 0 Å². The van der Waals surface area contributed by atoms with Crippen LogP contribution in [0.25, 0.3) is 10.4 Å². The lowest BCUT2D eigenvalue weighted by Crippen LogP contribution is -2.57. The number of hydrogen-bond acceptors (Lipinski definition) is 8. The first-order chi connectivity index (χ1) is 23.2. The summed E-state index contributed by atoms with van der Waals surface area (Å²) in [5.74, 6) is -1.84. The van der Waals surface area contributed by atoms with E-state index in [0.29, 0.717) is 13.1 Å². The fourth-order valence-corrected chi connectivity index (χ4v) is 7.03. The van der Waals surface area contributed by atoms with Gasteiger partial charge in [0.05, 0.1) is 34.6 Å². The van der Waals surface area contributed by atoms with Crippen LogP contribution in [0.2, 0.25) is 0 Å². The molecule has 270 valence electrons. The molecule has 1 saturated carbocycles. The Morgan fingerprint density at radius 1 is 1.06 bits per heavy atom. The summed E-state index contributed by atoms with van der Waals surface area (Å²) in [6.45, 7) is 8.50. The first kappa shape index (κ1) is 38.4. The highest BCUT2D eigenvalue weighted by atomic mass is 32.1. The molecule has 0 spiro atoms. The Hall–Kier alpha value is -3.42. The average molecular weight is 701 g/mol. The number of unbranched alkanes of at least 4 members (excludes halogenated alkanes) is 4. The lowest BCUT2D eigenvalue weighted by atomic mass is 9.85. The number of rotatable bonds is 17. The fourth-order valence-electron chi connectivity index (χ4n) is 6.22. The molecule has 4 rings (SSSR count). The van der Waals surface area contributed by atoms with Crippen molar-refractivity contribution < 1.29 is 28.7 Å². The number of likely N-dealkylation sites (tertiary alicyclic amines) is 1. The zero-order chi connectivity index (χ0) is 35.8. The van der Waals surface area contributed by atoms with Gasteiger partial charge in [0, 0.05) is 25.6 Å². The summed E-state index contributed by atoms with van der Waals surface area (Å²) in [4.78, 5) is 59.9. The van der Waals surface area contributed by atoms with Crippen molar-refractivity contribution >= 4 is 35.0 Å². The fraction of sp³-hybridized carbons (Fsp3) is 0.639. The number of hydrogen-bond donors (Lipinski definition) is 5. The van der Waals surface area contributed by atoms with Gasteiger partial charge < -0.3 is 31.7 Å². The second-order valence-electron chi connectivity index (χ2n) is 14.6. The van der Waals surface area contributed by atoms with Crippen molar-refractivity contribution in [3.05, 3.63) is 41.0 Å². The van der Waals surface area contributed by atoms with Crippen molar-refractivity contribution in [1.82, 2.24) is 25.8 Å². The Balaban J connectivity index is 1.44. The number of thiazole rings is 1. The number of carbonyl (C=O) groups is 4. The molecule has 1 saturated heterocycles. The van der Waals surface area contributed by atoms with E-state index in [2.05, 4.69) is 20.9 Å². The van der Waals surface area contributed by atoms with Gasteiger partial charge >= 0.3 is 0 Å². The standard InChI is InChI=1S/C36H53FN6O5S/c1-23-31(49-22-40-23)25-12-10-24(11-13-25)28(20-29(45)39-17-9-7-5-6-8-16-38)41-30(46)19-26-18-27(44)21-43(26)33(47)32(35(2,3)4)42-34(48)36(37)14-15-36/h10-13,22,26-28,32,44H,5-9,14-21,38H2,1-4H3,(H,39,45)(H,41,46)(H,42,48)/t26-,27+,28-,32+/m0/s1. The summed E-state index contributed by atoms with van der Waals surface area (Å²) in [5, 5.41) is 19.2. The number of aryl methyl sites for hydroxylation is 1. The Kier molecular flexibility index (Phi) is 13.3. The van der Waals surface area contributed by atoms with Gasteiger partial charge in [-0.1, -0.05) is 64.3 Å². The molecule has 2 fully saturated rings. The molecule has 0 bridgehead atoms. The number of amides is 4. The summed E-state index contributed by atoms with van der Waals surface area (Å²) in [5.41, 5.74) is 7.33. The van der Waals surface area contributed by atoms with Crippen LogP contribution in [-0.4, -0.2) is 82.1 Å². The van der Waals surface area contributed by atoms with Crippen LogP contribution in [0.3, 0.4) is 0 Å². The predicted molar refractivity (Wildman–Crippen MR) is 188 cm³/mol. The number of nitrogens with two attached hydrogens (primary N) is 1. The monoisotopic (exact) mass is 700 g/mol. The van der Waals surface area contributed by atoms with Gasteiger partial charge in [0.25, 0.3) is 5.91 Å². The van der Waals surface area contributed by atoms with E-state index in [9.17, 15) is 28.7 Å². The van der Waals surface area contributed by atoms with Crippen LogP contribution in [-0.2, 0) is 19.2 Å². The average Bonchev–Trinajstić information content (AvgIpc) is 3.48. The van der Waals surface area contributed by atoms with Gasteiger partial charge in [0.15, 0.2) is 5.67 Å². The van der Waals surface area contributed by atoms with Gasteiger partial charge in [0.2, 0.25) is 17.7 Å². The lowest BCUT2D eigenvalue weighted by molar-refractivity contribution is -0.142. The van der Waals surface area contributed by atoms with Gasteiger partial charge in [-0.15, -0.1) is 11.3 Å². The minimum atomic E-state index is -1.95. The van der Waals surface area contributed by atoms with E-state index in [0.717, 1.165) is 53.8 Å². The first-order valence-electron chi connectivity index (χ1n) is 17.5. The highest BCUT2D eigenvalue weighted by Crippen LogP contribution is 2.40. The van der Waals surface area contributed by atoms with Crippen molar-refractivity contribution in [2.24, 2.45) is 11.1 Å². The maximum Gasteiger partial charge on any atom is 0.258 e. The summed E-state index contributed by atoms with van der Waals surface area (Å²) >= 11 is 1.54. The third-order valence-corrected chi connectivity index (χ3v) is 10.3. The van der Waals surface area contributed by atoms with Crippen LogP contribution < -0.4 is 21.7 Å². The zero-order valence-corrected chi connectivity index (χ0v) is 30.0. The highest BCUT2D eigenvalue weighted by Gasteiger charge is 2.53. The molecule has 1 aromatic heterocycles. The molecular formula is C36H53FN6O5S. The van der Waals surface area contributed by atoms with E-state index in [1.807, 2.05) is 31.2 Å². The number of β-amino-alcohol motifs (C(OH)–C–C–N with tert-alkyl or cyclic N) is 1. The lowest BCUT2D eigenvalue weighted by Gasteiger charge is -2.36. The molecule has 2 aliphatic rings. The van der Waals surface area contributed by atoms with Crippen LogP contribution in [0.4, 0.5) is 4.39 Å². The maximum absolute atomic E-state index is 14.5. The summed E-state index contributed by atoms with van der Waals surface area (Å²) in [6.07, 6.45) is 4.46. The Morgan fingerprint density at radius 2 is 1.73 bits per heavy atom. The van der Waals surface area contributed by atoms with Crippen LogP contribution in [0.1, 0.15) is 102 Å². The third-order valence-electron chi connectivity index (χ3n) is 9.33. The van der Waals surface area contributed by atoms with Crippen LogP contribution in [0.15, 0.2) is 29.8 Å². The highest BCUT2D eigenvalue weighted by molar-refractivity contribution is 7.13. The Labute approximate surface area is 293 Å². The third kappa shape index (κ3) is 10.8. The van der Waals surface area contributed by atoms with E-state index < -0.39 is 47.1 Å². The molecule has 1 aliphatic heterocycles. The van der Waals surface area contributed by atoms with Gasteiger partial charge in [0.1, 0.15) is 6.04 Å². The minimum Gasteiger partial charge on any atom is -0.391 e.